The van der Waals surface area contributed by atoms with Crippen LogP contribution in [0.2, 0.25) is 0 Å². The Kier molecular flexibility index (Phi) is 4.42. The Labute approximate surface area is 92.7 Å². The molecule has 2 rings (SSSR count). The van der Waals surface area contributed by atoms with Crippen molar-refractivity contribution < 1.29 is 4.74 Å². The smallest absolute Gasteiger partial charge is 0.0469 e. The molecule has 0 saturated carbocycles. The average molecular weight is 212 g/mol. The summed E-state index contributed by atoms with van der Waals surface area (Å²) >= 11 is 0. The summed E-state index contributed by atoms with van der Waals surface area (Å²) in [7, 11) is 0. The zero-order valence-electron chi connectivity index (χ0n) is 9.58. The van der Waals surface area contributed by atoms with Crippen LogP contribution in [0, 0.1) is 5.92 Å². The summed E-state index contributed by atoms with van der Waals surface area (Å²) < 4.78 is 5.37. The first kappa shape index (κ1) is 11.4. The van der Waals surface area contributed by atoms with Crippen LogP contribution in [0.3, 0.4) is 0 Å². The molecule has 3 N–H and O–H groups in total. The zero-order valence-corrected chi connectivity index (χ0v) is 9.58. The number of piperidine rings is 1. The lowest BCUT2D eigenvalue weighted by molar-refractivity contribution is 0.0559. The number of hydrogen-bond acceptors (Lipinski definition) is 3. The Balaban J connectivity index is 1.72. The van der Waals surface area contributed by atoms with Gasteiger partial charge in [-0.15, -0.1) is 0 Å². The van der Waals surface area contributed by atoms with E-state index in [9.17, 15) is 0 Å². The molecule has 2 aliphatic rings. The van der Waals surface area contributed by atoms with Gasteiger partial charge in [0.15, 0.2) is 0 Å². The molecule has 2 heterocycles. The van der Waals surface area contributed by atoms with Crippen LogP contribution in [-0.4, -0.2) is 31.8 Å². The third-order valence-electron chi connectivity index (χ3n) is 3.84. The topological polar surface area (TPSA) is 47.3 Å². The average Bonchev–Trinajstić information content (AvgIpc) is 2.31. The highest BCUT2D eigenvalue weighted by atomic mass is 16.5. The van der Waals surface area contributed by atoms with Gasteiger partial charge < -0.3 is 15.8 Å². The molecule has 0 amide bonds. The predicted octanol–water partition coefficient (Wildman–Crippen LogP) is 1.27. The maximum Gasteiger partial charge on any atom is 0.0469 e. The highest BCUT2D eigenvalue weighted by Gasteiger charge is 2.24. The second kappa shape index (κ2) is 5.83. The molecule has 0 aromatic heterocycles. The zero-order chi connectivity index (χ0) is 10.5. The quantitative estimate of drug-likeness (QED) is 0.740. The van der Waals surface area contributed by atoms with E-state index in [1.54, 1.807) is 0 Å². The van der Waals surface area contributed by atoms with Crippen molar-refractivity contribution in [2.75, 3.05) is 19.8 Å². The lowest BCUT2D eigenvalue weighted by atomic mass is 9.86. The molecular formula is C12H24N2O. The highest BCUT2D eigenvalue weighted by molar-refractivity contribution is 4.82. The van der Waals surface area contributed by atoms with Crippen LogP contribution in [0.25, 0.3) is 0 Å². The molecule has 3 heteroatoms. The van der Waals surface area contributed by atoms with Gasteiger partial charge in [-0.1, -0.05) is 6.42 Å². The molecule has 3 nitrogen and oxygen atoms in total. The fraction of sp³-hybridized carbons (Fsp3) is 1.00. The molecule has 88 valence electrons. The van der Waals surface area contributed by atoms with Crippen LogP contribution in [-0.2, 0) is 4.74 Å². The van der Waals surface area contributed by atoms with Gasteiger partial charge in [-0.25, -0.2) is 0 Å². The molecule has 15 heavy (non-hydrogen) atoms. The summed E-state index contributed by atoms with van der Waals surface area (Å²) in [4.78, 5) is 0. The van der Waals surface area contributed by atoms with Crippen molar-refractivity contribution in [3.05, 3.63) is 0 Å². The first-order valence-electron chi connectivity index (χ1n) is 6.43. The van der Waals surface area contributed by atoms with Gasteiger partial charge in [-0.2, -0.15) is 0 Å². The third-order valence-corrected chi connectivity index (χ3v) is 3.84. The fourth-order valence-electron chi connectivity index (χ4n) is 2.79. The van der Waals surface area contributed by atoms with Crippen molar-refractivity contribution in [2.45, 2.75) is 50.6 Å². The first-order valence-corrected chi connectivity index (χ1v) is 6.43. The molecule has 0 spiro atoms. The minimum absolute atomic E-state index is 0.379. The summed E-state index contributed by atoms with van der Waals surface area (Å²) in [6, 6.07) is 1.06. The monoisotopic (exact) mass is 212 g/mol. The van der Waals surface area contributed by atoms with Crippen LogP contribution in [0.1, 0.15) is 38.5 Å². The number of nitrogens with one attached hydrogen (secondary N) is 1. The second-order valence-corrected chi connectivity index (χ2v) is 5.00. The lowest BCUT2D eigenvalue weighted by Crippen LogP contribution is -2.43. The molecule has 2 fully saturated rings. The van der Waals surface area contributed by atoms with Crippen molar-refractivity contribution in [3.8, 4) is 0 Å². The van der Waals surface area contributed by atoms with E-state index in [0.29, 0.717) is 18.0 Å². The van der Waals surface area contributed by atoms with E-state index in [0.717, 1.165) is 32.5 Å². The molecule has 0 aliphatic carbocycles. The molecule has 0 bridgehead atoms. The van der Waals surface area contributed by atoms with E-state index in [1.807, 2.05) is 0 Å². The van der Waals surface area contributed by atoms with E-state index in [-0.39, 0.29) is 0 Å². The van der Waals surface area contributed by atoms with Crippen LogP contribution < -0.4 is 11.1 Å². The van der Waals surface area contributed by atoms with Crippen molar-refractivity contribution in [1.29, 1.82) is 0 Å². The Morgan fingerprint density at radius 3 is 2.67 bits per heavy atom. The Hall–Kier alpha value is -0.120. The van der Waals surface area contributed by atoms with E-state index in [1.165, 1.54) is 25.8 Å². The van der Waals surface area contributed by atoms with Crippen molar-refractivity contribution in [3.63, 3.8) is 0 Å². The molecular weight excluding hydrogens is 188 g/mol. The first-order chi connectivity index (χ1) is 7.36. The van der Waals surface area contributed by atoms with Gasteiger partial charge in [0.1, 0.15) is 0 Å². The maximum absolute atomic E-state index is 6.28. The summed E-state index contributed by atoms with van der Waals surface area (Å²) in [5.41, 5.74) is 6.28. The van der Waals surface area contributed by atoms with E-state index in [4.69, 9.17) is 10.5 Å². The molecule has 0 radical (unpaired) electrons. The minimum atomic E-state index is 0.379. The largest absolute Gasteiger partial charge is 0.381 e. The van der Waals surface area contributed by atoms with Gasteiger partial charge in [0, 0.05) is 25.3 Å². The second-order valence-electron chi connectivity index (χ2n) is 5.00. The SMILES string of the molecule is NC(CC1CCCCN1)C1CCOCC1. The molecule has 2 atom stereocenters. The molecule has 0 aromatic carbocycles. The fourth-order valence-corrected chi connectivity index (χ4v) is 2.79. The minimum Gasteiger partial charge on any atom is -0.381 e. The summed E-state index contributed by atoms with van der Waals surface area (Å²) in [6.07, 6.45) is 7.50. The maximum atomic E-state index is 6.28. The van der Waals surface area contributed by atoms with Gasteiger partial charge >= 0.3 is 0 Å². The molecule has 0 aromatic rings. The predicted molar refractivity (Wildman–Crippen MR) is 61.8 cm³/mol. The van der Waals surface area contributed by atoms with E-state index < -0.39 is 0 Å². The number of ether oxygens (including phenoxy) is 1. The number of nitrogens with two attached hydrogens (primary N) is 1. The van der Waals surface area contributed by atoms with Crippen molar-refractivity contribution in [1.82, 2.24) is 5.32 Å². The molecule has 2 saturated heterocycles. The Morgan fingerprint density at radius 2 is 2.00 bits per heavy atom. The van der Waals surface area contributed by atoms with Crippen molar-refractivity contribution in [2.24, 2.45) is 11.7 Å². The van der Waals surface area contributed by atoms with Gasteiger partial charge in [0.2, 0.25) is 0 Å². The molecule has 2 unspecified atom stereocenters. The highest BCUT2D eigenvalue weighted by Crippen LogP contribution is 2.22. The van der Waals surface area contributed by atoms with Crippen LogP contribution >= 0.6 is 0 Å². The van der Waals surface area contributed by atoms with Crippen molar-refractivity contribution >= 4 is 0 Å². The summed E-state index contributed by atoms with van der Waals surface area (Å²) in [6.45, 7) is 3.01. The molecule has 2 aliphatic heterocycles. The van der Waals surface area contributed by atoms with E-state index in [2.05, 4.69) is 5.32 Å². The normalized spacial score (nSPS) is 31.4. The van der Waals surface area contributed by atoms with E-state index >= 15 is 0 Å². The van der Waals surface area contributed by atoms with Crippen LogP contribution in [0.15, 0.2) is 0 Å². The third kappa shape index (κ3) is 3.44. The van der Waals surface area contributed by atoms with Gasteiger partial charge in [-0.05, 0) is 44.6 Å². The standard InChI is InChI=1S/C12H24N2O/c13-12(10-4-7-15-8-5-10)9-11-3-1-2-6-14-11/h10-12,14H,1-9,13H2. The Bertz CT molecular complexity index is 174. The number of hydrogen-bond donors (Lipinski definition) is 2. The lowest BCUT2D eigenvalue weighted by Gasteiger charge is -2.32. The summed E-state index contributed by atoms with van der Waals surface area (Å²) in [5.74, 6) is 0.697. The van der Waals surface area contributed by atoms with Gasteiger partial charge in [-0.3, -0.25) is 0 Å². The number of rotatable bonds is 3. The van der Waals surface area contributed by atoms with Crippen LogP contribution in [0.5, 0.6) is 0 Å². The summed E-state index contributed by atoms with van der Waals surface area (Å²) in [5, 5.41) is 3.58. The van der Waals surface area contributed by atoms with Gasteiger partial charge in [0.25, 0.3) is 0 Å². The van der Waals surface area contributed by atoms with Crippen LogP contribution in [0.4, 0.5) is 0 Å². The Morgan fingerprint density at radius 1 is 1.20 bits per heavy atom. The van der Waals surface area contributed by atoms with Gasteiger partial charge in [0.05, 0.1) is 0 Å².